The van der Waals surface area contributed by atoms with Gasteiger partial charge in [-0.05, 0) is 74.9 Å². The molecule has 0 radical (unpaired) electrons. The highest BCUT2D eigenvalue weighted by Crippen LogP contribution is 2.40. The predicted molar refractivity (Wildman–Crippen MR) is 138 cm³/mol. The fourth-order valence-corrected chi connectivity index (χ4v) is 5.50. The fraction of sp³-hybridized carbons (Fsp3) is 0.481. The second kappa shape index (κ2) is 10.9. The lowest BCUT2D eigenvalue weighted by molar-refractivity contribution is 0.0712. The lowest BCUT2D eigenvalue weighted by atomic mass is 9.86. The van der Waals surface area contributed by atoms with Crippen molar-refractivity contribution in [3.8, 4) is 11.5 Å². The van der Waals surface area contributed by atoms with Crippen LogP contribution in [0, 0.1) is 13.8 Å². The number of piperidine rings is 1. The van der Waals surface area contributed by atoms with E-state index in [1.807, 2.05) is 13.0 Å². The van der Waals surface area contributed by atoms with Gasteiger partial charge in [-0.25, -0.2) is 0 Å². The molecule has 0 aromatic heterocycles. The van der Waals surface area contributed by atoms with Crippen molar-refractivity contribution in [2.24, 2.45) is 0 Å². The van der Waals surface area contributed by atoms with Gasteiger partial charge in [0.25, 0.3) is 0 Å². The van der Waals surface area contributed by atoms with Crippen molar-refractivity contribution in [1.82, 2.24) is 10.4 Å². The Morgan fingerprint density at radius 2 is 1.88 bits per heavy atom. The van der Waals surface area contributed by atoms with Gasteiger partial charge in [0.15, 0.2) is 0 Å². The Hall–Kier alpha value is -2.41. The molecule has 6 nitrogen and oxygen atoms in total. The molecule has 0 saturated carbocycles. The number of nitrogens with one attached hydrogen (secondary N) is 1. The van der Waals surface area contributed by atoms with Crippen LogP contribution in [0.25, 0.3) is 0 Å². The molecule has 7 heteroatoms. The molecule has 0 aliphatic carbocycles. The number of fused-ring (bicyclic) bond motifs is 1. The molecule has 2 aromatic carbocycles. The van der Waals surface area contributed by atoms with Crippen LogP contribution in [-0.2, 0) is 4.84 Å². The number of benzene rings is 2. The zero-order chi connectivity index (χ0) is 24.2. The minimum absolute atomic E-state index is 0.445. The Labute approximate surface area is 208 Å². The molecule has 2 aliphatic rings. The number of hydrogen-bond donors (Lipinski definition) is 1. The number of anilines is 1. The lowest BCUT2D eigenvalue weighted by Gasteiger charge is -2.49. The van der Waals surface area contributed by atoms with Gasteiger partial charge in [0.05, 0.1) is 24.9 Å². The summed E-state index contributed by atoms with van der Waals surface area (Å²) in [6.07, 6.45) is 5.35. The maximum absolute atomic E-state index is 6.25. The Balaban J connectivity index is 1.50. The van der Waals surface area contributed by atoms with Gasteiger partial charge in [-0.15, -0.1) is 0 Å². The average molecular weight is 486 g/mol. The first-order valence-corrected chi connectivity index (χ1v) is 12.4. The molecular weight excluding hydrogens is 450 g/mol. The predicted octanol–water partition coefficient (Wildman–Crippen LogP) is 5.77. The van der Waals surface area contributed by atoms with Crippen molar-refractivity contribution in [3.63, 3.8) is 0 Å². The molecule has 2 aromatic rings. The van der Waals surface area contributed by atoms with E-state index in [0.29, 0.717) is 17.1 Å². The van der Waals surface area contributed by atoms with E-state index >= 15 is 0 Å². The molecule has 2 fully saturated rings. The zero-order valence-electron chi connectivity index (χ0n) is 20.9. The molecule has 2 aliphatic heterocycles. The van der Waals surface area contributed by atoms with E-state index in [1.165, 1.54) is 41.6 Å². The smallest absolute Gasteiger partial charge is 0.139 e. The Morgan fingerprint density at radius 3 is 2.65 bits per heavy atom. The van der Waals surface area contributed by atoms with E-state index in [9.17, 15) is 0 Å². The minimum atomic E-state index is 0.445. The van der Waals surface area contributed by atoms with Crippen LogP contribution in [0.2, 0.25) is 5.02 Å². The quantitative estimate of drug-likeness (QED) is 0.396. The van der Waals surface area contributed by atoms with Crippen molar-refractivity contribution in [2.45, 2.75) is 52.1 Å². The van der Waals surface area contributed by atoms with E-state index < -0.39 is 0 Å². The van der Waals surface area contributed by atoms with Crippen molar-refractivity contribution in [1.29, 1.82) is 0 Å². The highest BCUT2D eigenvalue weighted by Gasteiger charge is 2.36. The second-order valence-corrected chi connectivity index (χ2v) is 9.64. The first-order chi connectivity index (χ1) is 16.4. The molecule has 4 rings (SSSR count). The molecule has 34 heavy (non-hydrogen) atoms. The summed E-state index contributed by atoms with van der Waals surface area (Å²) >= 11 is 6.25. The number of allylic oxidation sites excluding steroid dienone is 1. The van der Waals surface area contributed by atoms with Crippen LogP contribution in [0.4, 0.5) is 5.69 Å². The summed E-state index contributed by atoms with van der Waals surface area (Å²) in [6, 6.07) is 11.4. The summed E-state index contributed by atoms with van der Waals surface area (Å²) in [6.45, 7) is 9.34. The highest BCUT2D eigenvalue weighted by atomic mass is 35.5. The first-order valence-electron chi connectivity index (χ1n) is 12.0. The topological polar surface area (TPSA) is 46.2 Å². The Bertz CT molecular complexity index is 1040. The third-order valence-electron chi connectivity index (χ3n) is 7.21. The molecule has 2 heterocycles. The average Bonchev–Trinajstić information content (AvgIpc) is 2.85. The van der Waals surface area contributed by atoms with E-state index in [0.717, 1.165) is 36.8 Å². The van der Waals surface area contributed by atoms with E-state index in [-0.39, 0.29) is 0 Å². The molecule has 0 unspecified atom stereocenters. The van der Waals surface area contributed by atoms with Gasteiger partial charge in [0, 0.05) is 43.5 Å². The zero-order valence-corrected chi connectivity index (χ0v) is 21.6. The minimum Gasteiger partial charge on any atom is -0.495 e. The van der Waals surface area contributed by atoms with Crippen molar-refractivity contribution >= 4 is 17.3 Å². The largest absolute Gasteiger partial charge is 0.495 e. The Morgan fingerprint density at radius 1 is 1.06 bits per heavy atom. The van der Waals surface area contributed by atoms with Crippen LogP contribution < -0.4 is 19.9 Å². The molecule has 0 bridgehead atoms. The van der Waals surface area contributed by atoms with Crippen LogP contribution in [0.1, 0.15) is 48.9 Å². The third-order valence-corrected chi connectivity index (χ3v) is 7.52. The van der Waals surface area contributed by atoms with Gasteiger partial charge >= 0.3 is 0 Å². The number of ether oxygens (including phenoxy) is 2. The Kier molecular flexibility index (Phi) is 7.91. The monoisotopic (exact) mass is 485 g/mol. The summed E-state index contributed by atoms with van der Waals surface area (Å²) < 4.78 is 11.4. The van der Waals surface area contributed by atoms with Crippen LogP contribution in [0.15, 0.2) is 42.3 Å². The van der Waals surface area contributed by atoms with Crippen molar-refractivity contribution < 1.29 is 14.3 Å². The summed E-state index contributed by atoms with van der Waals surface area (Å²) in [5.41, 5.74) is 8.71. The summed E-state index contributed by atoms with van der Waals surface area (Å²) in [7, 11) is 3.26. The first kappa shape index (κ1) is 24.7. The number of piperazine rings is 1. The standard InChI is InChI=1S/C27H36ClN3O3/c1-18(29-33-5)17-34-26-12-10-23(19(2)20(26)3)25-8-6-7-22-16-30(13-14-31(22)25)21-9-11-24(28)27(15-21)32-4/h9-12,15,17,22,25,29H,6-8,13-14,16H2,1-5H3/t22-,25+/m0/s1. The van der Waals surface area contributed by atoms with E-state index in [4.69, 9.17) is 25.9 Å². The number of nitrogens with zero attached hydrogens (tertiary/aromatic N) is 2. The maximum atomic E-state index is 6.25. The number of hydroxylamine groups is 1. The van der Waals surface area contributed by atoms with Gasteiger partial charge in [-0.1, -0.05) is 17.7 Å². The van der Waals surface area contributed by atoms with Gasteiger partial charge < -0.3 is 14.4 Å². The SMILES string of the molecule is CONC(C)=COc1ccc([C@H]2CCC[C@H]3CN(c4ccc(Cl)c(OC)c4)CCN32)c(C)c1C. The van der Waals surface area contributed by atoms with E-state index in [1.54, 1.807) is 20.5 Å². The lowest BCUT2D eigenvalue weighted by Crippen LogP contribution is -2.56. The number of halogens is 1. The highest BCUT2D eigenvalue weighted by molar-refractivity contribution is 6.32. The summed E-state index contributed by atoms with van der Waals surface area (Å²) in [5.74, 6) is 1.62. The molecule has 2 saturated heterocycles. The van der Waals surface area contributed by atoms with Crippen LogP contribution in [-0.4, -0.2) is 44.8 Å². The number of rotatable bonds is 7. The van der Waals surface area contributed by atoms with Crippen molar-refractivity contribution in [2.75, 3.05) is 38.8 Å². The second-order valence-electron chi connectivity index (χ2n) is 9.23. The molecule has 1 N–H and O–H groups in total. The van der Waals surface area contributed by atoms with Gasteiger partial charge in [-0.2, -0.15) is 0 Å². The number of methoxy groups -OCH3 is 1. The molecular formula is C27H36ClN3O3. The fourth-order valence-electron chi connectivity index (χ4n) is 5.31. The maximum Gasteiger partial charge on any atom is 0.139 e. The molecule has 2 atom stereocenters. The van der Waals surface area contributed by atoms with Gasteiger partial charge in [0.1, 0.15) is 17.8 Å². The van der Waals surface area contributed by atoms with Crippen LogP contribution in [0.3, 0.4) is 0 Å². The molecule has 184 valence electrons. The molecule has 0 spiro atoms. The summed E-state index contributed by atoms with van der Waals surface area (Å²) in [5, 5.41) is 0.654. The third kappa shape index (κ3) is 5.14. The van der Waals surface area contributed by atoms with Crippen molar-refractivity contribution in [3.05, 3.63) is 64.0 Å². The van der Waals surface area contributed by atoms with Crippen LogP contribution >= 0.6 is 11.6 Å². The van der Waals surface area contributed by atoms with Gasteiger partial charge in [0.2, 0.25) is 0 Å². The molecule has 0 amide bonds. The van der Waals surface area contributed by atoms with E-state index in [2.05, 4.69) is 53.4 Å². The van der Waals surface area contributed by atoms with Gasteiger partial charge in [-0.3, -0.25) is 15.2 Å². The normalized spacial score (nSPS) is 21.2. The van der Waals surface area contributed by atoms with Crippen LogP contribution in [0.5, 0.6) is 11.5 Å². The number of hydrogen-bond acceptors (Lipinski definition) is 6. The summed E-state index contributed by atoms with van der Waals surface area (Å²) in [4.78, 5) is 10.1.